The maximum Gasteiger partial charge on any atom is 0.306 e. The van der Waals surface area contributed by atoms with E-state index in [-0.39, 0.29) is 35.1 Å². The van der Waals surface area contributed by atoms with Crippen molar-refractivity contribution in [3.63, 3.8) is 0 Å². The minimum Gasteiger partial charge on any atom is -0.355 e. The molecule has 1 saturated heterocycles. The number of benzene rings is 2. The monoisotopic (exact) mass is 528 g/mol. The number of aryl methyl sites for hydroxylation is 2. The molecule has 1 aliphatic heterocycles. The van der Waals surface area contributed by atoms with E-state index in [1.54, 1.807) is 12.2 Å². The Hall–Kier alpha value is -3.90. The van der Waals surface area contributed by atoms with E-state index in [4.69, 9.17) is 4.52 Å². The Balaban J connectivity index is 1.52. The second-order valence-electron chi connectivity index (χ2n) is 8.82. The van der Waals surface area contributed by atoms with Crippen LogP contribution in [0.25, 0.3) is 12.2 Å². The molecule has 1 aliphatic rings. The number of anilines is 1. The molecule has 1 N–H and O–H groups in total. The number of aromatic nitrogens is 1. The number of amides is 1. The highest BCUT2D eigenvalue weighted by Crippen LogP contribution is 2.30. The molecule has 0 spiro atoms. The lowest BCUT2D eigenvalue weighted by molar-refractivity contribution is -0.387. The Morgan fingerprint density at radius 3 is 2.65 bits per heavy atom. The maximum atomic E-state index is 13.6. The summed E-state index contributed by atoms with van der Waals surface area (Å²) in [5.41, 5.74) is 1.45. The molecule has 37 heavy (non-hydrogen) atoms. The van der Waals surface area contributed by atoms with Crippen LogP contribution >= 0.6 is 0 Å². The van der Waals surface area contributed by atoms with Crippen LogP contribution in [-0.4, -0.2) is 41.8 Å². The van der Waals surface area contributed by atoms with Gasteiger partial charge in [-0.1, -0.05) is 41.1 Å². The molecule has 10 nitrogen and oxygen atoms in total. The van der Waals surface area contributed by atoms with Gasteiger partial charge in [0, 0.05) is 24.8 Å². The van der Waals surface area contributed by atoms with Crippen LogP contribution in [0.15, 0.2) is 51.9 Å². The van der Waals surface area contributed by atoms with Gasteiger partial charge < -0.3 is 9.84 Å². The van der Waals surface area contributed by atoms with E-state index >= 15 is 0 Å². The number of carbonyl (C=O) groups is 1. The van der Waals surface area contributed by atoms with Crippen molar-refractivity contribution in [1.29, 1.82) is 0 Å². The second kappa shape index (κ2) is 10.6. The molecule has 1 aromatic heterocycles. The lowest BCUT2D eigenvalue weighted by Gasteiger charge is -2.31. The molecule has 2 heterocycles. The largest absolute Gasteiger partial charge is 0.355 e. The van der Waals surface area contributed by atoms with Crippen LogP contribution in [0.2, 0.25) is 0 Å². The fraction of sp³-hybridized carbons (Fsp3) is 0.280. The molecule has 1 fully saturated rings. The zero-order valence-corrected chi connectivity index (χ0v) is 21.0. The molecule has 0 unspecified atom stereocenters. The van der Waals surface area contributed by atoms with E-state index in [0.29, 0.717) is 12.8 Å². The van der Waals surface area contributed by atoms with Crippen molar-refractivity contribution in [2.24, 2.45) is 5.92 Å². The van der Waals surface area contributed by atoms with Gasteiger partial charge in [0.05, 0.1) is 10.8 Å². The van der Waals surface area contributed by atoms with Gasteiger partial charge in [0.25, 0.3) is 0 Å². The summed E-state index contributed by atoms with van der Waals surface area (Å²) in [6.45, 7) is 3.62. The van der Waals surface area contributed by atoms with Crippen molar-refractivity contribution in [1.82, 2.24) is 9.46 Å². The summed E-state index contributed by atoms with van der Waals surface area (Å²) in [6, 6.07) is 10.7. The normalized spacial score (nSPS) is 16.7. The first-order valence-corrected chi connectivity index (χ1v) is 13.0. The SMILES string of the molecule is Cc1ccc(/C=C/c2onc(C)c2S(=O)(=O)N2CCC[C@@H](C(=O)Nc3ccc(F)c([N+](=O)[O-])c3)C2)cc1. The highest BCUT2D eigenvalue weighted by atomic mass is 32.2. The molecule has 1 amide bonds. The van der Waals surface area contributed by atoms with Crippen LogP contribution in [-0.2, 0) is 14.8 Å². The van der Waals surface area contributed by atoms with Crippen molar-refractivity contribution in [2.75, 3.05) is 18.4 Å². The lowest BCUT2D eigenvalue weighted by Crippen LogP contribution is -2.43. The highest BCUT2D eigenvalue weighted by Gasteiger charge is 2.37. The molecular formula is C25H25FN4O6S. The highest BCUT2D eigenvalue weighted by molar-refractivity contribution is 7.89. The molecular weight excluding hydrogens is 503 g/mol. The summed E-state index contributed by atoms with van der Waals surface area (Å²) >= 11 is 0. The van der Waals surface area contributed by atoms with Gasteiger partial charge in [-0.3, -0.25) is 14.9 Å². The van der Waals surface area contributed by atoms with Gasteiger partial charge in [-0.05, 0) is 50.5 Å². The fourth-order valence-corrected chi connectivity index (χ4v) is 5.90. The first kappa shape index (κ1) is 26.2. The van der Waals surface area contributed by atoms with E-state index in [0.717, 1.165) is 23.3 Å². The summed E-state index contributed by atoms with van der Waals surface area (Å²) in [6.07, 6.45) is 4.13. The Morgan fingerprint density at radius 1 is 1.22 bits per heavy atom. The number of hydrogen-bond acceptors (Lipinski definition) is 7. The Bertz CT molecular complexity index is 1470. The van der Waals surface area contributed by atoms with Crippen LogP contribution in [0.4, 0.5) is 15.8 Å². The van der Waals surface area contributed by atoms with E-state index in [1.165, 1.54) is 17.3 Å². The Kier molecular flexibility index (Phi) is 7.50. The van der Waals surface area contributed by atoms with Gasteiger partial charge in [0.1, 0.15) is 5.69 Å². The smallest absolute Gasteiger partial charge is 0.306 e. The van der Waals surface area contributed by atoms with Crippen LogP contribution in [0.5, 0.6) is 0 Å². The van der Waals surface area contributed by atoms with Crippen LogP contribution < -0.4 is 5.32 Å². The second-order valence-corrected chi connectivity index (χ2v) is 10.7. The van der Waals surface area contributed by atoms with Gasteiger partial charge in [-0.2, -0.15) is 8.70 Å². The van der Waals surface area contributed by atoms with Crippen LogP contribution in [0, 0.1) is 35.7 Å². The van der Waals surface area contributed by atoms with Crippen molar-refractivity contribution in [2.45, 2.75) is 31.6 Å². The quantitative estimate of drug-likeness (QED) is 0.351. The molecule has 194 valence electrons. The van der Waals surface area contributed by atoms with Crippen molar-refractivity contribution >= 4 is 39.5 Å². The average molecular weight is 529 g/mol. The summed E-state index contributed by atoms with van der Waals surface area (Å²) in [4.78, 5) is 22.9. The molecule has 1 atom stereocenters. The Labute approximate surface area is 213 Å². The third kappa shape index (κ3) is 5.75. The number of halogens is 1. The van der Waals surface area contributed by atoms with Crippen molar-refractivity contribution in [3.05, 3.63) is 81.0 Å². The zero-order valence-electron chi connectivity index (χ0n) is 20.2. The van der Waals surface area contributed by atoms with Crippen LogP contribution in [0.1, 0.15) is 35.4 Å². The number of rotatable bonds is 7. The van der Waals surface area contributed by atoms with E-state index in [1.807, 2.05) is 31.2 Å². The number of hydrogen-bond donors (Lipinski definition) is 1. The summed E-state index contributed by atoms with van der Waals surface area (Å²) < 4.78 is 47.3. The number of piperidine rings is 1. The summed E-state index contributed by atoms with van der Waals surface area (Å²) in [5, 5.41) is 17.4. The van der Waals surface area contributed by atoms with Gasteiger partial charge >= 0.3 is 5.69 Å². The van der Waals surface area contributed by atoms with Gasteiger partial charge in [0.15, 0.2) is 10.7 Å². The molecule has 2 aromatic carbocycles. The molecule has 0 bridgehead atoms. The fourth-order valence-electron chi connectivity index (χ4n) is 4.13. The zero-order chi connectivity index (χ0) is 26.7. The number of nitro benzene ring substituents is 1. The van der Waals surface area contributed by atoms with Crippen molar-refractivity contribution in [3.8, 4) is 0 Å². The topological polar surface area (TPSA) is 136 Å². The molecule has 12 heteroatoms. The minimum atomic E-state index is -4.05. The first-order chi connectivity index (χ1) is 17.6. The van der Waals surface area contributed by atoms with Gasteiger partial charge in [0.2, 0.25) is 21.7 Å². The average Bonchev–Trinajstić information content (AvgIpc) is 3.25. The predicted molar refractivity (Wildman–Crippen MR) is 135 cm³/mol. The summed E-state index contributed by atoms with van der Waals surface area (Å²) in [5.74, 6) is -2.15. The third-order valence-corrected chi connectivity index (χ3v) is 8.12. The Morgan fingerprint density at radius 2 is 1.95 bits per heavy atom. The lowest BCUT2D eigenvalue weighted by atomic mass is 9.98. The summed E-state index contributed by atoms with van der Waals surface area (Å²) in [7, 11) is -4.05. The molecule has 3 aromatic rings. The maximum absolute atomic E-state index is 13.6. The van der Waals surface area contributed by atoms with Gasteiger partial charge in [-0.15, -0.1) is 0 Å². The van der Waals surface area contributed by atoms with E-state index in [2.05, 4.69) is 10.5 Å². The van der Waals surface area contributed by atoms with Crippen LogP contribution in [0.3, 0.4) is 0 Å². The standard InChI is InChI=1S/C25H25FN4O6S/c1-16-5-7-18(8-6-16)9-12-23-24(17(2)28-36-23)37(34,35)29-13-3-4-19(15-29)25(31)27-20-10-11-21(26)22(14-20)30(32)33/h5-12,14,19H,3-4,13,15H2,1-2H3,(H,27,31)/b12-9+/t19-/m1/s1. The first-order valence-electron chi connectivity index (χ1n) is 11.5. The predicted octanol–water partition coefficient (Wildman–Crippen LogP) is 4.55. The van der Waals surface area contributed by atoms with E-state index < -0.39 is 38.3 Å². The number of nitrogens with zero attached hydrogens (tertiary/aromatic N) is 3. The number of nitrogens with one attached hydrogen (secondary N) is 1. The minimum absolute atomic E-state index is 0.0523. The third-order valence-electron chi connectivity index (χ3n) is 6.10. The number of carbonyl (C=O) groups excluding carboxylic acids is 1. The molecule has 0 saturated carbocycles. The van der Waals surface area contributed by atoms with Gasteiger partial charge in [-0.25, -0.2) is 8.42 Å². The molecule has 0 aliphatic carbocycles. The molecule has 0 radical (unpaired) electrons. The van der Waals surface area contributed by atoms with Crippen molar-refractivity contribution < 1.29 is 27.0 Å². The molecule has 4 rings (SSSR count). The van der Waals surface area contributed by atoms with E-state index in [9.17, 15) is 27.7 Å². The number of sulfonamides is 1. The number of nitro groups is 1.